The zero-order valence-electron chi connectivity index (χ0n) is 15.0. The predicted octanol–water partition coefficient (Wildman–Crippen LogP) is 1.77. The number of aryl methyl sites for hydroxylation is 1. The Kier molecular flexibility index (Phi) is 5.46. The van der Waals surface area contributed by atoms with E-state index < -0.39 is 0 Å². The molecule has 0 fully saturated rings. The number of benzene rings is 2. The number of rotatable bonds is 6. The van der Waals surface area contributed by atoms with Crippen LogP contribution < -0.4 is 20.6 Å². The summed E-state index contributed by atoms with van der Waals surface area (Å²) in [6, 6.07) is 13.0. The molecule has 1 N–H and O–H groups in total. The van der Waals surface area contributed by atoms with E-state index in [0.29, 0.717) is 30.9 Å². The number of carbonyl (C=O) groups is 2. The second-order valence-corrected chi connectivity index (χ2v) is 6.26. The van der Waals surface area contributed by atoms with Crippen molar-refractivity contribution < 1.29 is 14.3 Å². The molecule has 0 radical (unpaired) electrons. The number of nitrogens with zero attached hydrogens (tertiary/aromatic N) is 1. The lowest BCUT2D eigenvalue weighted by Gasteiger charge is -2.14. The number of carbonyl (C=O) groups excluding carboxylic acids is 2. The molecular formula is C21H22N2O3. The summed E-state index contributed by atoms with van der Waals surface area (Å²) in [5.41, 5.74) is 1.58. The van der Waals surface area contributed by atoms with Gasteiger partial charge in [0.15, 0.2) is 0 Å². The van der Waals surface area contributed by atoms with Gasteiger partial charge in [0, 0.05) is 6.54 Å². The Labute approximate surface area is 152 Å². The highest BCUT2D eigenvalue weighted by atomic mass is 16.5. The van der Waals surface area contributed by atoms with Crippen molar-refractivity contribution in [2.75, 3.05) is 13.2 Å². The first-order valence-electron chi connectivity index (χ1n) is 8.79. The maximum atomic E-state index is 12.4. The van der Waals surface area contributed by atoms with Gasteiger partial charge in [-0.1, -0.05) is 30.3 Å². The third kappa shape index (κ3) is 3.99. The molecule has 2 aromatic rings. The van der Waals surface area contributed by atoms with Gasteiger partial charge in [-0.15, -0.1) is 0 Å². The molecule has 0 bridgehead atoms. The zero-order chi connectivity index (χ0) is 18.5. The highest BCUT2D eigenvalue weighted by Gasteiger charge is 2.19. The molecular weight excluding hydrogens is 328 g/mol. The molecule has 2 amide bonds. The molecule has 0 aromatic heterocycles. The quantitative estimate of drug-likeness (QED) is 0.863. The normalized spacial score (nSPS) is 15.5. The van der Waals surface area contributed by atoms with Gasteiger partial charge in [0.2, 0.25) is 0 Å². The fraction of sp³-hybridized carbons (Fsp3) is 0.286. The van der Waals surface area contributed by atoms with Crippen LogP contribution in [0.3, 0.4) is 0 Å². The standard InChI is InChI=1S/C21H22N2O3/c1-3-26-19-7-5-4-6-17(19)21(25)22-11-10-16-13-15-9-8-14(2)12-18(15)23-20(16)24/h4-9,12-13,16H,3,10-11H2,1-2H3,(H,22,25). The van der Waals surface area contributed by atoms with Crippen LogP contribution in [0.4, 0.5) is 0 Å². The van der Waals surface area contributed by atoms with Crippen LogP contribution in [-0.2, 0) is 4.79 Å². The molecule has 1 aliphatic heterocycles. The molecule has 5 heteroatoms. The number of nitrogens with one attached hydrogen (secondary N) is 1. The van der Waals surface area contributed by atoms with Crippen LogP contribution in [0.25, 0.3) is 6.08 Å². The van der Waals surface area contributed by atoms with Crippen LogP contribution in [0.15, 0.2) is 47.5 Å². The monoisotopic (exact) mass is 350 g/mol. The lowest BCUT2D eigenvalue weighted by molar-refractivity contribution is -0.120. The molecule has 0 saturated heterocycles. The molecule has 2 aromatic carbocycles. The van der Waals surface area contributed by atoms with Gasteiger partial charge in [-0.05, 0) is 49.2 Å². The number of ether oxygens (including phenoxy) is 1. The van der Waals surface area contributed by atoms with E-state index in [1.165, 1.54) is 0 Å². The van der Waals surface area contributed by atoms with Crippen LogP contribution >= 0.6 is 0 Å². The Bertz CT molecular complexity index is 950. The number of para-hydroxylation sites is 1. The summed E-state index contributed by atoms with van der Waals surface area (Å²) >= 11 is 0. The van der Waals surface area contributed by atoms with Crippen molar-refractivity contribution >= 4 is 17.9 Å². The highest BCUT2D eigenvalue weighted by Crippen LogP contribution is 2.18. The topological polar surface area (TPSA) is 67.8 Å². The first-order valence-corrected chi connectivity index (χ1v) is 8.79. The van der Waals surface area contributed by atoms with Crippen molar-refractivity contribution in [2.45, 2.75) is 20.3 Å². The molecule has 1 unspecified atom stereocenters. The van der Waals surface area contributed by atoms with E-state index >= 15 is 0 Å². The van der Waals surface area contributed by atoms with E-state index in [0.717, 1.165) is 16.1 Å². The molecule has 1 atom stereocenters. The number of hydrogen-bond donors (Lipinski definition) is 1. The van der Waals surface area contributed by atoms with E-state index in [9.17, 15) is 9.59 Å². The molecule has 1 aliphatic rings. The largest absolute Gasteiger partial charge is 0.493 e. The van der Waals surface area contributed by atoms with Crippen molar-refractivity contribution in [2.24, 2.45) is 10.9 Å². The van der Waals surface area contributed by atoms with Crippen LogP contribution in [-0.4, -0.2) is 25.0 Å². The van der Waals surface area contributed by atoms with Gasteiger partial charge in [-0.2, -0.15) is 0 Å². The fourth-order valence-electron chi connectivity index (χ4n) is 2.96. The van der Waals surface area contributed by atoms with E-state index in [2.05, 4.69) is 10.3 Å². The van der Waals surface area contributed by atoms with Crippen LogP contribution in [0.5, 0.6) is 5.75 Å². The van der Waals surface area contributed by atoms with Crippen molar-refractivity contribution in [3.8, 4) is 5.75 Å². The van der Waals surface area contributed by atoms with Gasteiger partial charge < -0.3 is 10.1 Å². The number of hydrogen-bond acceptors (Lipinski definition) is 3. The zero-order valence-corrected chi connectivity index (χ0v) is 15.0. The summed E-state index contributed by atoms with van der Waals surface area (Å²) < 4.78 is 5.48. The Morgan fingerprint density at radius 1 is 1.23 bits per heavy atom. The second-order valence-electron chi connectivity index (χ2n) is 6.26. The van der Waals surface area contributed by atoms with Gasteiger partial charge in [0.05, 0.1) is 23.4 Å². The summed E-state index contributed by atoms with van der Waals surface area (Å²) in [5.74, 6) is -0.114. The van der Waals surface area contributed by atoms with Crippen molar-refractivity contribution in [3.63, 3.8) is 0 Å². The van der Waals surface area contributed by atoms with E-state index in [-0.39, 0.29) is 17.7 Å². The molecule has 0 spiro atoms. The van der Waals surface area contributed by atoms with Gasteiger partial charge in [0.1, 0.15) is 5.75 Å². The van der Waals surface area contributed by atoms with Crippen LogP contribution in [0.2, 0.25) is 0 Å². The Balaban J connectivity index is 1.64. The molecule has 26 heavy (non-hydrogen) atoms. The Morgan fingerprint density at radius 3 is 2.85 bits per heavy atom. The summed E-state index contributed by atoms with van der Waals surface area (Å²) in [7, 11) is 0. The molecule has 1 heterocycles. The summed E-state index contributed by atoms with van der Waals surface area (Å²) in [4.78, 5) is 28.8. The average molecular weight is 350 g/mol. The van der Waals surface area contributed by atoms with Gasteiger partial charge in [-0.3, -0.25) is 9.59 Å². The van der Waals surface area contributed by atoms with Crippen molar-refractivity contribution in [3.05, 3.63) is 64.2 Å². The maximum absolute atomic E-state index is 12.4. The van der Waals surface area contributed by atoms with E-state index in [1.54, 1.807) is 18.2 Å². The highest BCUT2D eigenvalue weighted by molar-refractivity contribution is 5.97. The molecule has 134 valence electrons. The Morgan fingerprint density at radius 2 is 2.04 bits per heavy atom. The molecule has 0 aliphatic carbocycles. The first-order chi connectivity index (χ1) is 12.6. The lowest BCUT2D eigenvalue weighted by Crippen LogP contribution is -2.35. The molecule has 3 rings (SSSR count). The summed E-state index contributed by atoms with van der Waals surface area (Å²) in [5, 5.41) is 4.55. The van der Waals surface area contributed by atoms with Crippen molar-refractivity contribution in [1.29, 1.82) is 0 Å². The minimum atomic E-state index is -0.312. The maximum Gasteiger partial charge on any atom is 0.255 e. The SMILES string of the molecule is CCOc1ccccc1C(=O)NCCC1C=c2ccc(C)cc2=NC1=O. The van der Waals surface area contributed by atoms with Gasteiger partial charge >= 0.3 is 0 Å². The van der Waals surface area contributed by atoms with Gasteiger partial charge in [0.25, 0.3) is 11.8 Å². The minimum Gasteiger partial charge on any atom is -0.493 e. The van der Waals surface area contributed by atoms with E-state index in [1.807, 2.05) is 44.2 Å². The molecule has 0 saturated carbocycles. The van der Waals surface area contributed by atoms with Crippen molar-refractivity contribution in [1.82, 2.24) is 5.32 Å². The third-order valence-corrected chi connectivity index (χ3v) is 4.29. The third-order valence-electron chi connectivity index (χ3n) is 4.29. The van der Waals surface area contributed by atoms with Gasteiger partial charge in [-0.25, -0.2) is 4.99 Å². The lowest BCUT2D eigenvalue weighted by atomic mass is 9.99. The van der Waals surface area contributed by atoms with Crippen LogP contribution in [0, 0.1) is 12.8 Å². The minimum absolute atomic E-state index is 0.160. The Hall–Kier alpha value is -2.95. The number of fused-ring (bicyclic) bond motifs is 1. The second kappa shape index (κ2) is 7.95. The predicted molar refractivity (Wildman–Crippen MR) is 99.5 cm³/mol. The van der Waals surface area contributed by atoms with Crippen LogP contribution in [0.1, 0.15) is 29.3 Å². The summed E-state index contributed by atoms with van der Waals surface area (Å²) in [6.07, 6.45) is 2.45. The smallest absolute Gasteiger partial charge is 0.255 e. The molecule has 5 nitrogen and oxygen atoms in total. The summed E-state index contributed by atoms with van der Waals surface area (Å²) in [6.45, 7) is 4.74. The fourth-order valence-corrected chi connectivity index (χ4v) is 2.96. The average Bonchev–Trinajstić information content (AvgIpc) is 2.63. The first kappa shape index (κ1) is 17.9. The van der Waals surface area contributed by atoms with E-state index in [4.69, 9.17) is 4.74 Å². The number of amides is 2.